The molecule has 0 unspecified atom stereocenters. The zero-order valence-corrected chi connectivity index (χ0v) is 41.2. The summed E-state index contributed by atoms with van der Waals surface area (Å²) < 4.78 is 0. The second-order valence-corrected chi connectivity index (χ2v) is 21.2. The summed E-state index contributed by atoms with van der Waals surface area (Å²) in [4.78, 5) is 54.7. The van der Waals surface area contributed by atoms with Gasteiger partial charge in [0.15, 0.2) is 17.3 Å². The van der Waals surface area contributed by atoms with Gasteiger partial charge in [0.05, 0.1) is 19.6 Å². The van der Waals surface area contributed by atoms with Gasteiger partial charge in [0.1, 0.15) is 0 Å². The third kappa shape index (κ3) is 8.84. The second kappa shape index (κ2) is 20.4. The highest BCUT2D eigenvalue weighted by Crippen LogP contribution is 2.48. The van der Waals surface area contributed by atoms with E-state index in [2.05, 4.69) is 124 Å². The first kappa shape index (κ1) is 47.7. The number of aromatic nitrogens is 3. The van der Waals surface area contributed by atoms with Gasteiger partial charge in [-0.25, -0.2) is 0 Å². The molecule has 9 atom stereocenters. The average molecular weight is 934 g/mol. The molecule has 0 radical (unpaired) electrons. The Kier molecular flexibility index (Phi) is 14.1. The molecule has 69 heavy (non-hydrogen) atoms. The molecule has 0 bridgehead atoms. The van der Waals surface area contributed by atoms with E-state index < -0.39 is 0 Å². The van der Waals surface area contributed by atoms with Crippen LogP contribution in [0.3, 0.4) is 0 Å². The van der Waals surface area contributed by atoms with Gasteiger partial charge >= 0.3 is 0 Å². The van der Waals surface area contributed by atoms with Crippen molar-refractivity contribution in [2.45, 2.75) is 114 Å². The Hall–Kier alpha value is -4.95. The Morgan fingerprint density at radius 2 is 0.768 bits per heavy atom. The number of nitrogens with zero attached hydrogens (tertiary/aromatic N) is 3. The number of rotatable bonds is 12. The van der Waals surface area contributed by atoms with E-state index in [1.54, 1.807) is 0 Å². The number of Topliss-reactive ketones (excluding diaryl/α,β-unsaturated/α-hetero) is 3. The summed E-state index contributed by atoms with van der Waals surface area (Å²) in [7, 11) is 0. The summed E-state index contributed by atoms with van der Waals surface area (Å²) >= 11 is 0. The molecule has 12 rings (SSSR count). The quantitative estimate of drug-likeness (QED) is 0.0732. The highest BCUT2D eigenvalue weighted by molar-refractivity contribution is 5.91. The first-order chi connectivity index (χ1) is 33.7. The molecule has 3 aromatic carbocycles. The number of ketones is 3. The predicted octanol–water partition coefficient (Wildman–Crippen LogP) is 7.31. The number of hydrogen-bond acceptors (Lipinski definition) is 9. The number of aromatic amines is 3. The highest BCUT2D eigenvalue weighted by atomic mass is 16.1. The van der Waals surface area contributed by atoms with Crippen LogP contribution in [-0.4, -0.2) is 124 Å². The molecular weight excluding hydrogens is 859 g/mol. The Bertz CT molecular complexity index is 2510. The van der Waals surface area contributed by atoms with Crippen molar-refractivity contribution in [1.82, 2.24) is 29.7 Å². The molecule has 0 spiro atoms. The van der Waals surface area contributed by atoms with E-state index in [-0.39, 0.29) is 54.7 Å². The van der Waals surface area contributed by atoms with Crippen molar-refractivity contribution < 1.29 is 14.4 Å². The second-order valence-electron chi connectivity index (χ2n) is 21.2. The van der Waals surface area contributed by atoms with Crippen LogP contribution >= 0.6 is 0 Å². The van der Waals surface area contributed by atoms with Crippen molar-refractivity contribution in [3.8, 4) is 0 Å². The SMILES string of the molecule is CCCN1C[C@H](C(=O)CN)C[C@@H]2c3cccc4[nH]cc(c34)C[C@H]21.CCCN1C[C@H](C(=O)CN)C[C@@H]2c3cccc4[nH]cc(c34)C[C@H]21.CCCN1C[C@H](C(=O)CN)C[C@@H]2c3cccc4[nH]cc(c34)C[C@H]21. The largest absolute Gasteiger partial charge is 0.361 e. The maximum Gasteiger partial charge on any atom is 0.150 e. The number of benzene rings is 3. The van der Waals surface area contributed by atoms with Crippen LogP contribution in [0.5, 0.6) is 0 Å². The summed E-state index contributed by atoms with van der Waals surface area (Å²) in [6, 6.07) is 21.2. The number of nitrogens with two attached hydrogens (primary N) is 3. The molecule has 3 aromatic heterocycles. The standard InChI is InChI=1S/3C19H25N3O/c3*1-2-6-22-11-13(18(23)9-20)7-15-14-4-3-5-16-19(14)12(10-21-16)8-17(15)22/h3*3-5,10,13,15,17,21H,2,6-9,11,20H2,1H3/t3*13-,15-,17-/m111/s1. The number of likely N-dealkylation sites (tertiary alicyclic amines) is 3. The molecule has 6 heterocycles. The van der Waals surface area contributed by atoms with E-state index in [0.717, 1.165) is 97.1 Å². The zero-order chi connectivity index (χ0) is 47.9. The van der Waals surface area contributed by atoms with Crippen molar-refractivity contribution >= 4 is 50.1 Å². The molecule has 366 valence electrons. The van der Waals surface area contributed by atoms with Crippen LogP contribution in [0.15, 0.2) is 73.2 Å². The third-order valence-electron chi connectivity index (χ3n) is 17.2. The van der Waals surface area contributed by atoms with Crippen molar-refractivity contribution in [1.29, 1.82) is 0 Å². The van der Waals surface area contributed by atoms with Crippen LogP contribution in [0.4, 0.5) is 0 Å². The van der Waals surface area contributed by atoms with Crippen molar-refractivity contribution in [3.63, 3.8) is 0 Å². The van der Waals surface area contributed by atoms with E-state index in [4.69, 9.17) is 17.2 Å². The normalized spacial score (nSPS) is 27.1. The maximum absolute atomic E-state index is 12.3. The number of nitrogens with one attached hydrogen (secondary N) is 3. The molecule has 0 saturated carbocycles. The van der Waals surface area contributed by atoms with Gasteiger partial charge in [0, 0.05) is 125 Å². The van der Waals surface area contributed by atoms with Gasteiger partial charge in [0.2, 0.25) is 0 Å². The molecule has 6 aliphatic rings. The number of carbonyl (C=O) groups is 3. The summed E-state index contributed by atoms with van der Waals surface area (Å²) in [5, 5.41) is 4.18. The fraction of sp³-hybridized carbons (Fsp3) is 0.526. The summed E-state index contributed by atoms with van der Waals surface area (Å²) in [5.41, 5.74) is 29.2. The zero-order valence-electron chi connectivity index (χ0n) is 41.2. The lowest BCUT2D eigenvalue weighted by Crippen LogP contribution is -2.52. The Balaban J connectivity index is 0.000000120. The number of carbonyl (C=O) groups excluding carboxylic acids is 3. The Labute approximate surface area is 407 Å². The fourth-order valence-corrected chi connectivity index (χ4v) is 14.2. The van der Waals surface area contributed by atoms with E-state index in [9.17, 15) is 14.4 Å². The predicted molar refractivity (Wildman–Crippen MR) is 278 cm³/mol. The first-order valence-corrected chi connectivity index (χ1v) is 26.3. The smallest absolute Gasteiger partial charge is 0.150 e. The molecule has 12 heteroatoms. The highest BCUT2D eigenvalue weighted by Gasteiger charge is 2.45. The molecule has 9 N–H and O–H groups in total. The van der Waals surface area contributed by atoms with Gasteiger partial charge in [-0.2, -0.15) is 0 Å². The molecule has 12 nitrogen and oxygen atoms in total. The Morgan fingerprint density at radius 1 is 0.478 bits per heavy atom. The fourth-order valence-electron chi connectivity index (χ4n) is 14.2. The van der Waals surface area contributed by atoms with E-state index in [1.165, 1.54) is 66.1 Å². The first-order valence-electron chi connectivity index (χ1n) is 26.3. The average Bonchev–Trinajstić information content (AvgIpc) is 4.13. The lowest BCUT2D eigenvalue weighted by molar-refractivity contribution is -0.125. The molecule has 0 amide bonds. The molecule has 3 aliphatic carbocycles. The molecular formula is C57H75N9O3. The number of H-pyrrole nitrogens is 3. The molecule has 3 saturated heterocycles. The van der Waals surface area contributed by atoms with Crippen molar-refractivity contribution in [2.75, 3.05) is 58.9 Å². The lowest BCUT2D eigenvalue weighted by Gasteiger charge is -2.46. The van der Waals surface area contributed by atoms with Crippen LogP contribution in [-0.2, 0) is 33.6 Å². The summed E-state index contributed by atoms with van der Waals surface area (Å²) in [6.07, 6.45) is 16.0. The number of piperidine rings is 3. The van der Waals surface area contributed by atoms with Gasteiger partial charge < -0.3 is 32.2 Å². The lowest BCUT2D eigenvalue weighted by atomic mass is 9.71. The van der Waals surface area contributed by atoms with E-state index in [0.29, 0.717) is 35.9 Å². The topological polar surface area (TPSA) is 186 Å². The van der Waals surface area contributed by atoms with Crippen LogP contribution in [0.25, 0.3) is 32.7 Å². The number of hydrogen-bond donors (Lipinski definition) is 6. The van der Waals surface area contributed by atoms with Gasteiger partial charge in [-0.15, -0.1) is 0 Å². The maximum atomic E-state index is 12.3. The summed E-state index contributed by atoms with van der Waals surface area (Å²) in [5.74, 6) is 2.26. The minimum Gasteiger partial charge on any atom is -0.361 e. The monoisotopic (exact) mass is 934 g/mol. The minimum absolute atomic E-state index is 0.0866. The van der Waals surface area contributed by atoms with Gasteiger partial charge in [-0.05, 0) is 129 Å². The Morgan fingerprint density at radius 3 is 1.03 bits per heavy atom. The molecule has 6 aromatic rings. The molecule has 3 aliphatic heterocycles. The van der Waals surface area contributed by atoms with Crippen LogP contribution < -0.4 is 17.2 Å². The van der Waals surface area contributed by atoms with E-state index >= 15 is 0 Å². The van der Waals surface area contributed by atoms with Crippen molar-refractivity contribution in [3.05, 3.63) is 107 Å². The van der Waals surface area contributed by atoms with Gasteiger partial charge in [-0.1, -0.05) is 57.2 Å². The number of fused-ring (bicyclic) bond motifs is 6. The van der Waals surface area contributed by atoms with Crippen LogP contribution in [0, 0.1) is 17.8 Å². The third-order valence-corrected chi connectivity index (χ3v) is 17.2. The van der Waals surface area contributed by atoms with Gasteiger partial charge in [-0.3, -0.25) is 29.1 Å². The van der Waals surface area contributed by atoms with Crippen LogP contribution in [0.1, 0.15) is 110 Å². The van der Waals surface area contributed by atoms with Crippen molar-refractivity contribution in [2.24, 2.45) is 35.0 Å². The van der Waals surface area contributed by atoms with Gasteiger partial charge in [0.25, 0.3) is 0 Å². The van der Waals surface area contributed by atoms with Crippen LogP contribution in [0.2, 0.25) is 0 Å². The van der Waals surface area contributed by atoms with E-state index in [1.807, 2.05) is 0 Å². The summed E-state index contributed by atoms with van der Waals surface area (Å²) in [6.45, 7) is 13.0. The molecule has 3 fully saturated rings. The minimum atomic E-state index is 0.0866.